The maximum absolute atomic E-state index is 5.36. The van der Waals surface area contributed by atoms with Gasteiger partial charge in [0.05, 0.1) is 7.11 Å². The van der Waals surface area contributed by atoms with Crippen molar-refractivity contribution in [2.24, 2.45) is 0 Å². The van der Waals surface area contributed by atoms with Gasteiger partial charge in [0.1, 0.15) is 5.75 Å². The van der Waals surface area contributed by atoms with Gasteiger partial charge in [0.25, 0.3) is 0 Å². The average Bonchev–Trinajstić information content (AvgIpc) is 2.69. The molecule has 1 unspecified atom stereocenters. The summed E-state index contributed by atoms with van der Waals surface area (Å²) in [5.74, 6) is 0.990. The molecule has 1 aromatic carbocycles. The zero-order valence-corrected chi connectivity index (χ0v) is 11.6. The van der Waals surface area contributed by atoms with E-state index >= 15 is 0 Å². The van der Waals surface area contributed by atoms with E-state index in [9.17, 15) is 0 Å². The molecule has 100 valence electrons. The second kappa shape index (κ2) is 5.72. The average molecular weight is 248 g/mol. The summed E-state index contributed by atoms with van der Waals surface area (Å²) in [4.78, 5) is 0. The molecular weight excluding hydrogens is 224 g/mol. The predicted molar refractivity (Wildman–Crippen MR) is 75.2 cm³/mol. The lowest BCUT2D eigenvalue weighted by Crippen LogP contribution is -2.32. The quantitative estimate of drug-likeness (QED) is 0.836. The molecule has 0 aromatic heterocycles. The van der Waals surface area contributed by atoms with Crippen molar-refractivity contribution >= 4 is 0 Å². The number of ether oxygens (including phenoxy) is 1. The highest BCUT2D eigenvalue weighted by molar-refractivity contribution is 5.33. The molecule has 3 heteroatoms. The van der Waals surface area contributed by atoms with Crippen LogP contribution in [0.15, 0.2) is 24.3 Å². The van der Waals surface area contributed by atoms with E-state index in [2.05, 4.69) is 36.6 Å². The van der Waals surface area contributed by atoms with Crippen LogP contribution < -0.4 is 15.4 Å². The van der Waals surface area contributed by atoms with Crippen LogP contribution >= 0.6 is 0 Å². The Morgan fingerprint density at radius 1 is 1.39 bits per heavy atom. The van der Waals surface area contributed by atoms with Crippen molar-refractivity contribution in [3.63, 3.8) is 0 Å². The topological polar surface area (TPSA) is 33.3 Å². The molecule has 2 rings (SSSR count). The molecule has 2 N–H and O–H groups in total. The summed E-state index contributed by atoms with van der Waals surface area (Å²) in [6.45, 7) is 6.59. The third-order valence-electron chi connectivity index (χ3n) is 3.60. The molecule has 0 radical (unpaired) electrons. The molecule has 0 aliphatic carbocycles. The molecule has 3 nitrogen and oxygen atoms in total. The van der Waals surface area contributed by atoms with Crippen molar-refractivity contribution in [3.8, 4) is 5.75 Å². The van der Waals surface area contributed by atoms with Crippen LogP contribution in [0.3, 0.4) is 0 Å². The molecule has 0 amide bonds. The molecular formula is C15H24N2O. The minimum Gasteiger partial charge on any atom is -0.496 e. The van der Waals surface area contributed by atoms with Crippen molar-refractivity contribution in [1.29, 1.82) is 0 Å². The summed E-state index contributed by atoms with van der Waals surface area (Å²) in [6, 6.07) is 8.83. The van der Waals surface area contributed by atoms with Gasteiger partial charge in [0, 0.05) is 18.1 Å². The molecule has 1 saturated heterocycles. The molecule has 0 spiro atoms. The molecule has 18 heavy (non-hydrogen) atoms. The monoisotopic (exact) mass is 248 g/mol. The van der Waals surface area contributed by atoms with Gasteiger partial charge in [0.2, 0.25) is 0 Å². The first-order valence-corrected chi connectivity index (χ1v) is 6.71. The van der Waals surface area contributed by atoms with Gasteiger partial charge in [-0.3, -0.25) is 0 Å². The largest absolute Gasteiger partial charge is 0.496 e. The summed E-state index contributed by atoms with van der Waals surface area (Å²) >= 11 is 0. The van der Waals surface area contributed by atoms with Gasteiger partial charge in [0.15, 0.2) is 0 Å². The minimum atomic E-state index is 0.280. The Kier molecular flexibility index (Phi) is 4.25. The van der Waals surface area contributed by atoms with Crippen molar-refractivity contribution in [2.45, 2.75) is 38.3 Å². The summed E-state index contributed by atoms with van der Waals surface area (Å²) in [6.07, 6.45) is 2.21. The molecule has 1 heterocycles. The van der Waals surface area contributed by atoms with Crippen molar-refractivity contribution < 1.29 is 4.74 Å². The van der Waals surface area contributed by atoms with Crippen LogP contribution in [0.2, 0.25) is 0 Å². The van der Waals surface area contributed by atoms with Crippen LogP contribution in [-0.4, -0.2) is 31.8 Å². The maximum atomic E-state index is 5.36. The van der Waals surface area contributed by atoms with Gasteiger partial charge in [-0.05, 0) is 44.9 Å². The van der Waals surface area contributed by atoms with Gasteiger partial charge >= 0.3 is 0 Å². The van der Waals surface area contributed by atoms with E-state index in [0.717, 1.165) is 25.3 Å². The molecule has 0 saturated carbocycles. The number of para-hydroxylation sites is 1. The first-order chi connectivity index (χ1) is 8.61. The summed E-state index contributed by atoms with van der Waals surface area (Å²) in [7, 11) is 1.73. The number of nitrogens with one attached hydrogen (secondary N) is 2. The number of hydrogen-bond donors (Lipinski definition) is 2. The molecule has 1 aliphatic heterocycles. The Hall–Kier alpha value is -1.06. The van der Waals surface area contributed by atoms with Crippen LogP contribution in [0.1, 0.15) is 25.8 Å². The minimum absolute atomic E-state index is 0.280. The Bertz CT molecular complexity index is 390. The molecule has 1 fully saturated rings. The molecule has 0 bridgehead atoms. The van der Waals surface area contributed by atoms with Gasteiger partial charge in [-0.1, -0.05) is 18.2 Å². The maximum Gasteiger partial charge on any atom is 0.122 e. The SMILES string of the molecule is COc1ccccc1CCNC1CNC(C)(C)C1. The van der Waals surface area contributed by atoms with Crippen molar-refractivity contribution in [2.75, 3.05) is 20.2 Å². The van der Waals surface area contributed by atoms with Crippen LogP contribution in [0.4, 0.5) is 0 Å². The summed E-state index contributed by atoms with van der Waals surface area (Å²) < 4.78 is 5.36. The Labute approximate surface area is 110 Å². The second-order valence-corrected chi connectivity index (χ2v) is 5.68. The standard InChI is InChI=1S/C15H24N2O/c1-15(2)10-13(11-17-15)16-9-8-12-6-4-5-7-14(12)18-3/h4-7,13,16-17H,8-11H2,1-3H3. The third kappa shape index (κ3) is 3.47. The van der Waals surface area contributed by atoms with Gasteiger partial charge in [-0.15, -0.1) is 0 Å². The first kappa shape index (κ1) is 13.4. The summed E-state index contributed by atoms with van der Waals surface area (Å²) in [5.41, 5.74) is 1.56. The van der Waals surface area contributed by atoms with Gasteiger partial charge in [-0.2, -0.15) is 0 Å². The van der Waals surface area contributed by atoms with E-state index in [1.807, 2.05) is 12.1 Å². The zero-order chi connectivity index (χ0) is 13.0. The van der Waals surface area contributed by atoms with E-state index in [1.165, 1.54) is 12.0 Å². The number of hydrogen-bond acceptors (Lipinski definition) is 3. The fourth-order valence-electron chi connectivity index (χ4n) is 2.62. The van der Waals surface area contributed by atoms with E-state index in [-0.39, 0.29) is 5.54 Å². The van der Waals surface area contributed by atoms with E-state index in [4.69, 9.17) is 4.74 Å². The van der Waals surface area contributed by atoms with E-state index < -0.39 is 0 Å². The lowest BCUT2D eigenvalue weighted by atomic mass is 10.0. The van der Waals surface area contributed by atoms with Crippen molar-refractivity contribution in [1.82, 2.24) is 10.6 Å². The van der Waals surface area contributed by atoms with Crippen molar-refractivity contribution in [3.05, 3.63) is 29.8 Å². The van der Waals surface area contributed by atoms with Crippen LogP contribution in [0.25, 0.3) is 0 Å². The van der Waals surface area contributed by atoms with E-state index in [0.29, 0.717) is 6.04 Å². The molecule has 1 atom stereocenters. The fraction of sp³-hybridized carbons (Fsp3) is 0.600. The van der Waals surface area contributed by atoms with Gasteiger partial charge in [-0.25, -0.2) is 0 Å². The van der Waals surface area contributed by atoms with Crippen LogP contribution in [-0.2, 0) is 6.42 Å². The zero-order valence-electron chi connectivity index (χ0n) is 11.6. The number of benzene rings is 1. The summed E-state index contributed by atoms with van der Waals surface area (Å²) in [5, 5.41) is 7.15. The van der Waals surface area contributed by atoms with Gasteiger partial charge < -0.3 is 15.4 Å². The third-order valence-corrected chi connectivity index (χ3v) is 3.60. The van der Waals surface area contributed by atoms with Crippen LogP contribution in [0, 0.1) is 0 Å². The van der Waals surface area contributed by atoms with E-state index in [1.54, 1.807) is 7.11 Å². The Balaban J connectivity index is 1.79. The predicted octanol–water partition coefficient (Wildman–Crippen LogP) is 1.97. The van der Waals surface area contributed by atoms with Crippen LogP contribution in [0.5, 0.6) is 5.75 Å². The lowest BCUT2D eigenvalue weighted by molar-refractivity contribution is 0.407. The Morgan fingerprint density at radius 2 is 2.17 bits per heavy atom. The first-order valence-electron chi connectivity index (χ1n) is 6.71. The Morgan fingerprint density at radius 3 is 2.83 bits per heavy atom. The number of rotatable bonds is 5. The normalized spacial score (nSPS) is 22.1. The lowest BCUT2D eigenvalue weighted by Gasteiger charge is -2.17. The highest BCUT2D eigenvalue weighted by Crippen LogP contribution is 2.19. The number of methoxy groups -OCH3 is 1. The highest BCUT2D eigenvalue weighted by Gasteiger charge is 2.29. The second-order valence-electron chi connectivity index (χ2n) is 5.68. The fourth-order valence-corrected chi connectivity index (χ4v) is 2.62. The molecule has 1 aromatic rings. The smallest absolute Gasteiger partial charge is 0.122 e. The highest BCUT2D eigenvalue weighted by atomic mass is 16.5. The molecule has 1 aliphatic rings.